The number of hydrogen-bond donors (Lipinski definition) is 1. The number of para-hydroxylation sites is 1. The van der Waals surface area contributed by atoms with Crippen LogP contribution in [-0.2, 0) is 19.9 Å². The molecule has 0 saturated carbocycles. The second-order valence-electron chi connectivity index (χ2n) is 4.97. The SMILES string of the molecule is Cn1nc(CC(O)Cc2ccccn2)c2ccccc21. The van der Waals surface area contributed by atoms with Crippen molar-refractivity contribution in [1.29, 1.82) is 0 Å². The Morgan fingerprint density at radius 3 is 2.70 bits per heavy atom. The van der Waals surface area contributed by atoms with Gasteiger partial charge >= 0.3 is 0 Å². The molecule has 20 heavy (non-hydrogen) atoms. The van der Waals surface area contributed by atoms with E-state index < -0.39 is 6.10 Å². The van der Waals surface area contributed by atoms with Crippen molar-refractivity contribution in [2.45, 2.75) is 18.9 Å². The van der Waals surface area contributed by atoms with Crippen molar-refractivity contribution >= 4 is 10.9 Å². The van der Waals surface area contributed by atoms with Crippen LogP contribution in [0.15, 0.2) is 48.7 Å². The van der Waals surface area contributed by atoms with Gasteiger partial charge in [-0.15, -0.1) is 0 Å². The zero-order chi connectivity index (χ0) is 13.9. The highest BCUT2D eigenvalue weighted by molar-refractivity contribution is 5.81. The van der Waals surface area contributed by atoms with Crippen LogP contribution in [0.25, 0.3) is 10.9 Å². The molecule has 0 aliphatic heterocycles. The summed E-state index contributed by atoms with van der Waals surface area (Å²) < 4.78 is 1.86. The van der Waals surface area contributed by atoms with Gasteiger partial charge in [0.05, 0.1) is 17.3 Å². The molecular weight excluding hydrogens is 250 g/mol. The number of pyridine rings is 1. The third kappa shape index (κ3) is 2.56. The van der Waals surface area contributed by atoms with Gasteiger partial charge in [-0.1, -0.05) is 24.3 Å². The Bertz CT molecular complexity index is 706. The summed E-state index contributed by atoms with van der Waals surface area (Å²) in [6.45, 7) is 0. The van der Waals surface area contributed by atoms with E-state index in [4.69, 9.17) is 0 Å². The zero-order valence-electron chi connectivity index (χ0n) is 11.4. The first-order chi connectivity index (χ1) is 9.74. The average molecular weight is 267 g/mol. The monoisotopic (exact) mass is 267 g/mol. The topological polar surface area (TPSA) is 50.9 Å². The van der Waals surface area contributed by atoms with Crippen LogP contribution in [0.4, 0.5) is 0 Å². The third-order valence-electron chi connectivity index (χ3n) is 3.43. The van der Waals surface area contributed by atoms with E-state index in [1.165, 1.54) is 0 Å². The summed E-state index contributed by atoms with van der Waals surface area (Å²) in [4.78, 5) is 4.24. The number of aryl methyl sites for hydroxylation is 1. The van der Waals surface area contributed by atoms with Gasteiger partial charge < -0.3 is 5.11 Å². The van der Waals surface area contributed by atoms with Gasteiger partial charge in [0, 0.05) is 37.2 Å². The molecule has 4 nitrogen and oxygen atoms in total. The molecule has 2 aromatic heterocycles. The Labute approximate surface area is 117 Å². The Kier molecular flexibility index (Phi) is 3.48. The molecule has 2 heterocycles. The highest BCUT2D eigenvalue weighted by Crippen LogP contribution is 2.19. The number of hydrogen-bond acceptors (Lipinski definition) is 3. The largest absolute Gasteiger partial charge is 0.392 e. The lowest BCUT2D eigenvalue weighted by Gasteiger charge is -2.08. The number of benzene rings is 1. The summed E-state index contributed by atoms with van der Waals surface area (Å²) >= 11 is 0. The van der Waals surface area contributed by atoms with Crippen LogP contribution in [-0.4, -0.2) is 26.0 Å². The minimum atomic E-state index is -0.469. The molecule has 1 N–H and O–H groups in total. The van der Waals surface area contributed by atoms with Crippen LogP contribution in [0.1, 0.15) is 11.4 Å². The number of aliphatic hydroxyl groups is 1. The first kappa shape index (κ1) is 12.8. The van der Waals surface area contributed by atoms with E-state index in [0.29, 0.717) is 12.8 Å². The van der Waals surface area contributed by atoms with Crippen LogP contribution < -0.4 is 0 Å². The normalized spacial score (nSPS) is 12.7. The Morgan fingerprint density at radius 1 is 1.10 bits per heavy atom. The molecule has 0 spiro atoms. The molecule has 0 aliphatic carbocycles. The van der Waals surface area contributed by atoms with E-state index in [9.17, 15) is 5.11 Å². The summed E-state index contributed by atoms with van der Waals surface area (Å²) in [5.74, 6) is 0. The number of rotatable bonds is 4. The van der Waals surface area contributed by atoms with E-state index in [0.717, 1.165) is 22.3 Å². The third-order valence-corrected chi connectivity index (χ3v) is 3.43. The van der Waals surface area contributed by atoms with Gasteiger partial charge in [0.25, 0.3) is 0 Å². The molecule has 1 atom stereocenters. The molecule has 0 saturated heterocycles. The molecule has 4 heteroatoms. The first-order valence-electron chi connectivity index (χ1n) is 6.72. The van der Waals surface area contributed by atoms with E-state index in [1.54, 1.807) is 6.20 Å². The Balaban J connectivity index is 1.79. The maximum atomic E-state index is 10.2. The summed E-state index contributed by atoms with van der Waals surface area (Å²) in [6, 6.07) is 13.8. The number of aromatic nitrogens is 3. The van der Waals surface area contributed by atoms with Gasteiger partial charge in [-0.05, 0) is 18.2 Å². The van der Waals surface area contributed by atoms with Crippen LogP contribution >= 0.6 is 0 Å². The van der Waals surface area contributed by atoms with Crippen molar-refractivity contribution in [1.82, 2.24) is 14.8 Å². The zero-order valence-corrected chi connectivity index (χ0v) is 11.4. The second kappa shape index (κ2) is 5.43. The van der Waals surface area contributed by atoms with Gasteiger partial charge in [0.15, 0.2) is 0 Å². The minimum absolute atomic E-state index is 0.469. The predicted octanol–water partition coefficient (Wildman–Crippen LogP) is 2.11. The fraction of sp³-hybridized carbons (Fsp3) is 0.250. The highest BCUT2D eigenvalue weighted by Gasteiger charge is 2.13. The van der Waals surface area contributed by atoms with E-state index in [-0.39, 0.29) is 0 Å². The molecule has 0 aliphatic rings. The fourth-order valence-corrected chi connectivity index (χ4v) is 2.50. The quantitative estimate of drug-likeness (QED) is 0.787. The van der Waals surface area contributed by atoms with Crippen molar-refractivity contribution in [3.8, 4) is 0 Å². The smallest absolute Gasteiger partial charge is 0.0729 e. The molecule has 0 radical (unpaired) electrons. The molecule has 0 bridgehead atoms. The van der Waals surface area contributed by atoms with E-state index in [2.05, 4.69) is 10.1 Å². The molecule has 102 valence electrons. The number of aliphatic hydroxyl groups excluding tert-OH is 1. The minimum Gasteiger partial charge on any atom is -0.392 e. The average Bonchev–Trinajstić information content (AvgIpc) is 2.77. The summed E-state index contributed by atoms with van der Waals surface area (Å²) in [6.07, 6.45) is 2.37. The van der Waals surface area contributed by atoms with Crippen molar-refractivity contribution < 1.29 is 5.11 Å². The number of fused-ring (bicyclic) bond motifs is 1. The van der Waals surface area contributed by atoms with E-state index >= 15 is 0 Å². The van der Waals surface area contributed by atoms with Gasteiger partial charge in [0.2, 0.25) is 0 Å². The Morgan fingerprint density at radius 2 is 1.90 bits per heavy atom. The van der Waals surface area contributed by atoms with Gasteiger partial charge in [0.1, 0.15) is 0 Å². The van der Waals surface area contributed by atoms with Crippen LogP contribution in [0.5, 0.6) is 0 Å². The van der Waals surface area contributed by atoms with Crippen LogP contribution in [0.3, 0.4) is 0 Å². The lowest BCUT2D eigenvalue weighted by Crippen LogP contribution is -2.15. The second-order valence-corrected chi connectivity index (χ2v) is 4.97. The molecule has 0 fully saturated rings. The standard InChI is InChI=1S/C16H17N3O/c1-19-16-8-3-2-7-14(16)15(18-19)11-13(20)10-12-6-4-5-9-17-12/h2-9,13,20H,10-11H2,1H3. The van der Waals surface area contributed by atoms with Crippen LogP contribution in [0.2, 0.25) is 0 Å². The van der Waals surface area contributed by atoms with Gasteiger partial charge in [-0.25, -0.2) is 0 Å². The van der Waals surface area contributed by atoms with Crippen molar-refractivity contribution in [2.24, 2.45) is 7.05 Å². The first-order valence-corrected chi connectivity index (χ1v) is 6.72. The summed E-state index contributed by atoms with van der Waals surface area (Å²) in [5, 5.41) is 15.8. The maximum absolute atomic E-state index is 10.2. The molecule has 0 amide bonds. The lowest BCUT2D eigenvalue weighted by atomic mass is 10.1. The molecule has 1 unspecified atom stereocenters. The van der Waals surface area contributed by atoms with Crippen LogP contribution in [0, 0.1) is 0 Å². The molecule has 1 aromatic carbocycles. The fourth-order valence-electron chi connectivity index (χ4n) is 2.50. The molecular formula is C16H17N3O. The van der Waals surface area contributed by atoms with Crippen molar-refractivity contribution in [3.63, 3.8) is 0 Å². The molecule has 3 aromatic rings. The van der Waals surface area contributed by atoms with Crippen molar-refractivity contribution in [2.75, 3.05) is 0 Å². The highest BCUT2D eigenvalue weighted by atomic mass is 16.3. The van der Waals surface area contributed by atoms with Gasteiger partial charge in [-0.2, -0.15) is 5.10 Å². The van der Waals surface area contributed by atoms with E-state index in [1.807, 2.05) is 54.2 Å². The number of nitrogens with zero attached hydrogens (tertiary/aromatic N) is 3. The predicted molar refractivity (Wildman–Crippen MR) is 78.4 cm³/mol. The summed E-state index contributed by atoms with van der Waals surface area (Å²) in [7, 11) is 1.93. The van der Waals surface area contributed by atoms with Gasteiger partial charge in [-0.3, -0.25) is 9.67 Å². The Hall–Kier alpha value is -2.20. The summed E-state index contributed by atoms with van der Waals surface area (Å²) in [5.41, 5.74) is 2.93. The molecule has 3 rings (SSSR count). The van der Waals surface area contributed by atoms with Crippen molar-refractivity contribution in [3.05, 3.63) is 60.0 Å². The maximum Gasteiger partial charge on any atom is 0.0729 e. The lowest BCUT2D eigenvalue weighted by molar-refractivity contribution is 0.173.